The summed E-state index contributed by atoms with van der Waals surface area (Å²) in [5.41, 5.74) is 2.60. The first-order valence-electron chi connectivity index (χ1n) is 8.84. The van der Waals surface area contributed by atoms with Crippen LogP contribution in [-0.2, 0) is 19.1 Å². The minimum atomic E-state index is -0.722. The number of benzene rings is 1. The first kappa shape index (κ1) is 20.5. The van der Waals surface area contributed by atoms with Crippen molar-refractivity contribution in [2.45, 2.75) is 33.6 Å². The number of anilines is 1. The van der Waals surface area contributed by atoms with E-state index in [0.29, 0.717) is 5.69 Å². The van der Waals surface area contributed by atoms with E-state index in [1.807, 2.05) is 19.9 Å². The molecule has 3 atom stereocenters. The van der Waals surface area contributed by atoms with Gasteiger partial charge in [0.1, 0.15) is 5.78 Å². The van der Waals surface area contributed by atoms with Gasteiger partial charge in [0.15, 0.2) is 6.61 Å². The van der Waals surface area contributed by atoms with Crippen LogP contribution in [0.1, 0.15) is 30.9 Å². The molecule has 0 radical (unpaired) electrons. The van der Waals surface area contributed by atoms with Gasteiger partial charge >= 0.3 is 5.97 Å². The summed E-state index contributed by atoms with van der Waals surface area (Å²) in [6.07, 6.45) is -0.0117. The predicted octanol–water partition coefficient (Wildman–Crippen LogP) is 2.29. The number of esters is 1. The molecule has 1 N–H and O–H groups in total. The number of ether oxygens (including phenoxy) is 1. The summed E-state index contributed by atoms with van der Waals surface area (Å²) < 4.78 is 4.96. The van der Waals surface area contributed by atoms with E-state index in [2.05, 4.69) is 5.32 Å². The van der Waals surface area contributed by atoms with Crippen molar-refractivity contribution in [2.24, 2.45) is 17.8 Å². The molecule has 0 bridgehead atoms. The van der Waals surface area contributed by atoms with Crippen molar-refractivity contribution < 1.29 is 24.0 Å². The molecule has 1 aliphatic rings. The lowest BCUT2D eigenvalue weighted by atomic mass is 9.88. The van der Waals surface area contributed by atoms with Gasteiger partial charge in [-0.25, -0.2) is 0 Å². The number of rotatable bonds is 7. The number of amides is 1. The van der Waals surface area contributed by atoms with Crippen molar-refractivity contribution in [2.75, 3.05) is 18.5 Å². The molecule has 0 aromatic heterocycles. The first-order valence-corrected chi connectivity index (χ1v) is 8.84. The molecule has 0 heterocycles. The van der Waals surface area contributed by atoms with E-state index in [1.54, 1.807) is 19.1 Å². The molecule has 0 spiro atoms. The zero-order valence-electron chi connectivity index (χ0n) is 15.7. The van der Waals surface area contributed by atoms with Gasteiger partial charge in [0, 0.05) is 28.9 Å². The zero-order chi connectivity index (χ0) is 20.1. The van der Waals surface area contributed by atoms with Crippen LogP contribution in [0.15, 0.2) is 18.2 Å². The Morgan fingerprint density at radius 2 is 1.89 bits per heavy atom. The molecular formula is C19H24N2O6. The van der Waals surface area contributed by atoms with Crippen LogP contribution in [0.2, 0.25) is 0 Å². The molecule has 1 fully saturated rings. The van der Waals surface area contributed by atoms with Crippen LogP contribution in [0.25, 0.3) is 0 Å². The third-order valence-electron chi connectivity index (χ3n) is 4.80. The summed E-state index contributed by atoms with van der Waals surface area (Å²) in [5, 5.41) is 13.5. The average molecular weight is 376 g/mol. The Balaban J connectivity index is 1.86. The van der Waals surface area contributed by atoms with Crippen molar-refractivity contribution in [3.63, 3.8) is 0 Å². The number of carbonyl (C=O) groups excluding carboxylic acids is 3. The fourth-order valence-corrected chi connectivity index (χ4v) is 3.63. The third kappa shape index (κ3) is 5.87. The highest BCUT2D eigenvalue weighted by Crippen LogP contribution is 2.36. The van der Waals surface area contributed by atoms with Gasteiger partial charge in [-0.05, 0) is 43.0 Å². The Bertz CT molecular complexity index is 740. The van der Waals surface area contributed by atoms with E-state index in [-0.39, 0.29) is 31.1 Å². The number of hydrogen-bond donors (Lipinski definition) is 1. The smallest absolute Gasteiger partial charge is 0.307 e. The fourth-order valence-electron chi connectivity index (χ4n) is 3.63. The summed E-state index contributed by atoms with van der Waals surface area (Å²) in [4.78, 5) is 46.4. The normalized spacial score (nSPS) is 21.7. The van der Waals surface area contributed by atoms with Gasteiger partial charge in [-0.2, -0.15) is 0 Å². The number of hydrogen-bond acceptors (Lipinski definition) is 6. The van der Waals surface area contributed by atoms with Crippen LogP contribution >= 0.6 is 0 Å². The second kappa shape index (κ2) is 8.75. The van der Waals surface area contributed by atoms with Crippen molar-refractivity contribution >= 4 is 23.3 Å². The lowest BCUT2D eigenvalue weighted by Gasteiger charge is -2.17. The maximum absolute atomic E-state index is 12.0. The van der Waals surface area contributed by atoms with Gasteiger partial charge in [0.2, 0.25) is 6.54 Å². The van der Waals surface area contributed by atoms with E-state index < -0.39 is 35.2 Å². The van der Waals surface area contributed by atoms with Gasteiger partial charge in [0.25, 0.3) is 5.91 Å². The number of nitrogens with one attached hydrogen (secondary N) is 1. The maximum Gasteiger partial charge on any atom is 0.307 e. The number of ketones is 1. The molecule has 1 aromatic rings. The maximum atomic E-state index is 12.0. The van der Waals surface area contributed by atoms with Crippen LogP contribution in [0.5, 0.6) is 0 Å². The van der Waals surface area contributed by atoms with Gasteiger partial charge in [0.05, 0.1) is 6.42 Å². The van der Waals surface area contributed by atoms with E-state index in [0.717, 1.165) is 11.1 Å². The number of nitro groups is 1. The average Bonchev–Trinajstić information content (AvgIpc) is 2.78. The number of carbonyl (C=O) groups is 3. The van der Waals surface area contributed by atoms with E-state index in [4.69, 9.17) is 4.74 Å². The largest absolute Gasteiger partial charge is 0.456 e. The van der Waals surface area contributed by atoms with E-state index >= 15 is 0 Å². The van der Waals surface area contributed by atoms with Gasteiger partial charge in [-0.1, -0.05) is 13.0 Å². The molecule has 1 aliphatic carbocycles. The molecule has 8 heteroatoms. The molecule has 1 aromatic carbocycles. The molecule has 0 aliphatic heterocycles. The summed E-state index contributed by atoms with van der Waals surface area (Å²) >= 11 is 0. The summed E-state index contributed by atoms with van der Waals surface area (Å²) in [7, 11) is 0. The highest BCUT2D eigenvalue weighted by atomic mass is 16.6. The van der Waals surface area contributed by atoms with Crippen LogP contribution in [0, 0.1) is 41.7 Å². The standard InChI is InChI=1S/C19H24N2O6/c1-11-4-12(2)6-14(5-11)20-18(23)10-27-19(24)8-15-16(9-21(25)26)13(3)7-17(15)22/h4-6,13,15-16H,7-10H2,1-3H3,(H,20,23)/t13-,15+,16-/m1/s1. The molecule has 0 unspecified atom stereocenters. The first-order chi connectivity index (χ1) is 12.7. The van der Waals surface area contributed by atoms with Crippen molar-refractivity contribution in [3.05, 3.63) is 39.4 Å². The number of Topliss-reactive ketones (excluding diaryl/α,β-unsaturated/α-hetero) is 1. The van der Waals surface area contributed by atoms with Crippen LogP contribution in [0.4, 0.5) is 5.69 Å². The van der Waals surface area contributed by atoms with Gasteiger partial charge < -0.3 is 10.1 Å². The Labute approximate surface area is 157 Å². The summed E-state index contributed by atoms with van der Waals surface area (Å²) in [6.45, 7) is 4.77. The topological polar surface area (TPSA) is 116 Å². The highest BCUT2D eigenvalue weighted by Gasteiger charge is 2.44. The molecule has 8 nitrogen and oxygen atoms in total. The van der Waals surface area contributed by atoms with Crippen molar-refractivity contribution in [1.29, 1.82) is 0 Å². The Morgan fingerprint density at radius 1 is 1.26 bits per heavy atom. The predicted molar refractivity (Wildman–Crippen MR) is 97.8 cm³/mol. The molecule has 0 saturated heterocycles. The Hall–Kier alpha value is -2.77. The van der Waals surface area contributed by atoms with Crippen LogP contribution in [0.3, 0.4) is 0 Å². The second-order valence-corrected chi connectivity index (χ2v) is 7.22. The number of nitrogens with zero attached hydrogens (tertiary/aromatic N) is 1. The highest BCUT2D eigenvalue weighted by molar-refractivity contribution is 5.93. The Morgan fingerprint density at radius 3 is 2.48 bits per heavy atom. The molecule has 146 valence electrons. The number of aryl methyl sites for hydroxylation is 2. The van der Waals surface area contributed by atoms with Crippen molar-refractivity contribution in [3.8, 4) is 0 Å². The van der Waals surface area contributed by atoms with Crippen LogP contribution < -0.4 is 5.32 Å². The monoisotopic (exact) mass is 376 g/mol. The van der Waals surface area contributed by atoms with E-state index in [1.165, 1.54) is 0 Å². The minimum Gasteiger partial charge on any atom is -0.456 e. The second-order valence-electron chi connectivity index (χ2n) is 7.22. The summed E-state index contributed by atoms with van der Waals surface area (Å²) in [5.74, 6) is -2.70. The quantitative estimate of drug-likeness (QED) is 0.443. The minimum absolute atomic E-state index is 0.145. The third-order valence-corrected chi connectivity index (χ3v) is 4.80. The summed E-state index contributed by atoms with van der Waals surface area (Å²) in [6, 6.07) is 5.57. The van der Waals surface area contributed by atoms with Crippen LogP contribution in [-0.4, -0.2) is 35.7 Å². The van der Waals surface area contributed by atoms with E-state index in [9.17, 15) is 24.5 Å². The molecular weight excluding hydrogens is 352 g/mol. The molecule has 27 heavy (non-hydrogen) atoms. The lowest BCUT2D eigenvalue weighted by Crippen LogP contribution is -2.28. The van der Waals surface area contributed by atoms with Gasteiger partial charge in [-0.3, -0.25) is 24.5 Å². The molecule has 1 saturated carbocycles. The van der Waals surface area contributed by atoms with Gasteiger partial charge in [-0.15, -0.1) is 0 Å². The SMILES string of the molecule is Cc1cc(C)cc(NC(=O)COC(=O)C[C@@H]2C(=O)C[C@@H](C)[C@H]2C[N+](=O)[O-])c1. The van der Waals surface area contributed by atoms with Crippen molar-refractivity contribution in [1.82, 2.24) is 0 Å². The molecule has 2 rings (SSSR count). The zero-order valence-corrected chi connectivity index (χ0v) is 15.7. The molecule has 1 amide bonds. The lowest BCUT2D eigenvalue weighted by molar-refractivity contribution is -0.490. The Kier molecular flexibility index (Phi) is 6.65. The fraction of sp³-hybridized carbons (Fsp3) is 0.526.